The molecule has 2 N–H and O–H groups in total. The Hall–Kier alpha value is -1.39. The maximum absolute atomic E-state index is 11.6. The van der Waals surface area contributed by atoms with Crippen molar-refractivity contribution in [1.82, 2.24) is 4.90 Å². The third-order valence-electron chi connectivity index (χ3n) is 4.96. The molecule has 2 aliphatic heterocycles. The van der Waals surface area contributed by atoms with E-state index in [1.54, 1.807) is 14.0 Å². The molecule has 4 nitrogen and oxygen atoms in total. The normalized spacial score (nSPS) is 28.6. The molecule has 1 aromatic rings. The molecule has 0 aromatic heterocycles. The highest BCUT2D eigenvalue weighted by molar-refractivity contribution is 5.94. The van der Waals surface area contributed by atoms with E-state index in [2.05, 4.69) is 4.90 Å². The second kappa shape index (κ2) is 5.78. The summed E-state index contributed by atoms with van der Waals surface area (Å²) in [5.41, 5.74) is 8.00. The fourth-order valence-corrected chi connectivity index (χ4v) is 3.89. The van der Waals surface area contributed by atoms with E-state index in [0.717, 1.165) is 36.3 Å². The van der Waals surface area contributed by atoms with Gasteiger partial charge in [-0.05, 0) is 50.8 Å². The Labute approximate surface area is 126 Å². The molecule has 2 unspecified atom stereocenters. The minimum Gasteiger partial charge on any atom is -0.496 e. The number of ether oxygens (including phenoxy) is 1. The molecular weight excluding hydrogens is 264 g/mol. The van der Waals surface area contributed by atoms with Crippen LogP contribution in [0.3, 0.4) is 0 Å². The SMILES string of the molecule is COc1ccc(C(C)=O)cc1CN1C2CCC1CC(N)C2. The number of piperidine rings is 1. The fourth-order valence-electron chi connectivity index (χ4n) is 3.89. The Morgan fingerprint density at radius 2 is 2.00 bits per heavy atom. The summed E-state index contributed by atoms with van der Waals surface area (Å²) in [4.78, 5) is 14.2. The molecule has 4 heteroatoms. The van der Waals surface area contributed by atoms with E-state index in [1.165, 1.54) is 12.8 Å². The average Bonchev–Trinajstić information content (AvgIpc) is 2.70. The number of Topliss-reactive ketones (excluding diaryl/α,β-unsaturated/α-hetero) is 1. The van der Waals surface area contributed by atoms with Gasteiger partial charge in [0.2, 0.25) is 0 Å². The zero-order valence-corrected chi connectivity index (χ0v) is 12.8. The van der Waals surface area contributed by atoms with Gasteiger partial charge in [-0.25, -0.2) is 0 Å². The first-order chi connectivity index (χ1) is 10.1. The number of ketones is 1. The number of rotatable bonds is 4. The van der Waals surface area contributed by atoms with Crippen LogP contribution in [0.1, 0.15) is 48.5 Å². The van der Waals surface area contributed by atoms with E-state index in [1.807, 2.05) is 18.2 Å². The third-order valence-corrected chi connectivity index (χ3v) is 4.96. The zero-order valence-electron chi connectivity index (χ0n) is 12.8. The van der Waals surface area contributed by atoms with Crippen molar-refractivity contribution in [3.8, 4) is 5.75 Å². The van der Waals surface area contributed by atoms with Gasteiger partial charge >= 0.3 is 0 Å². The Kier molecular flexibility index (Phi) is 4.00. The highest BCUT2D eigenvalue weighted by Gasteiger charge is 2.39. The standard InChI is InChI=1S/C17H24N2O2/c1-11(20)12-3-6-17(21-2)13(7-12)10-19-15-4-5-16(19)9-14(18)8-15/h3,6-7,14-16H,4-5,8-10,18H2,1-2H3. The third kappa shape index (κ3) is 2.83. The zero-order chi connectivity index (χ0) is 15.0. The lowest BCUT2D eigenvalue weighted by molar-refractivity contribution is 0.101. The topological polar surface area (TPSA) is 55.6 Å². The molecule has 0 amide bonds. The number of benzene rings is 1. The highest BCUT2D eigenvalue weighted by atomic mass is 16.5. The number of carbonyl (C=O) groups is 1. The second-order valence-corrected chi connectivity index (χ2v) is 6.37. The molecule has 0 aliphatic carbocycles. The van der Waals surface area contributed by atoms with Gasteiger partial charge in [-0.15, -0.1) is 0 Å². The van der Waals surface area contributed by atoms with Gasteiger partial charge in [0, 0.05) is 35.8 Å². The van der Waals surface area contributed by atoms with Gasteiger partial charge < -0.3 is 10.5 Å². The quantitative estimate of drug-likeness (QED) is 0.864. The van der Waals surface area contributed by atoms with Crippen LogP contribution in [0.4, 0.5) is 0 Å². The summed E-state index contributed by atoms with van der Waals surface area (Å²) < 4.78 is 5.47. The van der Waals surface area contributed by atoms with Gasteiger partial charge in [0.1, 0.15) is 5.75 Å². The van der Waals surface area contributed by atoms with Crippen LogP contribution in [0, 0.1) is 0 Å². The van der Waals surface area contributed by atoms with E-state index < -0.39 is 0 Å². The van der Waals surface area contributed by atoms with Crippen molar-refractivity contribution >= 4 is 5.78 Å². The Bertz CT molecular complexity index is 530. The fraction of sp³-hybridized carbons (Fsp3) is 0.588. The number of fused-ring (bicyclic) bond motifs is 2. The molecule has 2 heterocycles. The highest BCUT2D eigenvalue weighted by Crippen LogP contribution is 2.37. The summed E-state index contributed by atoms with van der Waals surface area (Å²) in [7, 11) is 1.69. The minimum atomic E-state index is 0.0996. The van der Waals surface area contributed by atoms with E-state index >= 15 is 0 Å². The number of carbonyl (C=O) groups excluding carboxylic acids is 1. The Morgan fingerprint density at radius 3 is 2.57 bits per heavy atom. The molecule has 2 saturated heterocycles. The molecule has 2 atom stereocenters. The largest absolute Gasteiger partial charge is 0.496 e. The molecule has 114 valence electrons. The first-order valence-corrected chi connectivity index (χ1v) is 7.77. The second-order valence-electron chi connectivity index (χ2n) is 6.37. The summed E-state index contributed by atoms with van der Waals surface area (Å²) in [5, 5.41) is 0. The van der Waals surface area contributed by atoms with Crippen molar-refractivity contribution in [2.24, 2.45) is 5.73 Å². The minimum absolute atomic E-state index is 0.0996. The number of nitrogens with zero attached hydrogens (tertiary/aromatic N) is 1. The van der Waals surface area contributed by atoms with Crippen molar-refractivity contribution in [3.05, 3.63) is 29.3 Å². The van der Waals surface area contributed by atoms with Crippen molar-refractivity contribution in [1.29, 1.82) is 0 Å². The van der Waals surface area contributed by atoms with E-state index in [4.69, 9.17) is 10.5 Å². The first-order valence-electron chi connectivity index (χ1n) is 7.77. The molecular formula is C17H24N2O2. The van der Waals surface area contributed by atoms with Gasteiger partial charge in [0.05, 0.1) is 7.11 Å². The van der Waals surface area contributed by atoms with Crippen LogP contribution in [0.2, 0.25) is 0 Å². The average molecular weight is 288 g/mol. The molecule has 2 bridgehead atoms. The van der Waals surface area contributed by atoms with Crippen molar-refractivity contribution in [2.45, 2.75) is 57.3 Å². The predicted octanol–water partition coefficient (Wildman–Crippen LogP) is 2.35. The van der Waals surface area contributed by atoms with E-state index in [-0.39, 0.29) is 5.78 Å². The number of hydrogen-bond acceptors (Lipinski definition) is 4. The number of nitrogens with two attached hydrogens (primary N) is 1. The summed E-state index contributed by atoms with van der Waals surface area (Å²) in [6.07, 6.45) is 4.66. The van der Waals surface area contributed by atoms with Crippen LogP contribution < -0.4 is 10.5 Å². The van der Waals surface area contributed by atoms with Crippen LogP contribution in [0.25, 0.3) is 0 Å². The van der Waals surface area contributed by atoms with Gasteiger partial charge in [-0.3, -0.25) is 9.69 Å². The molecule has 0 spiro atoms. The smallest absolute Gasteiger partial charge is 0.159 e. The molecule has 21 heavy (non-hydrogen) atoms. The molecule has 0 saturated carbocycles. The summed E-state index contributed by atoms with van der Waals surface area (Å²) in [6, 6.07) is 7.25. The molecule has 1 aromatic carbocycles. The molecule has 0 radical (unpaired) electrons. The number of hydrogen-bond donors (Lipinski definition) is 1. The maximum Gasteiger partial charge on any atom is 0.159 e. The van der Waals surface area contributed by atoms with Gasteiger partial charge in [0.15, 0.2) is 5.78 Å². The monoisotopic (exact) mass is 288 g/mol. The molecule has 2 aliphatic rings. The Morgan fingerprint density at radius 1 is 1.33 bits per heavy atom. The lowest BCUT2D eigenvalue weighted by atomic mass is 9.97. The van der Waals surface area contributed by atoms with Gasteiger partial charge in [0.25, 0.3) is 0 Å². The van der Waals surface area contributed by atoms with E-state index in [9.17, 15) is 4.79 Å². The first kappa shape index (κ1) is 14.5. The van der Waals surface area contributed by atoms with Crippen LogP contribution in [0.5, 0.6) is 5.75 Å². The summed E-state index contributed by atoms with van der Waals surface area (Å²) in [5.74, 6) is 0.969. The maximum atomic E-state index is 11.6. The van der Waals surface area contributed by atoms with Crippen molar-refractivity contribution in [2.75, 3.05) is 7.11 Å². The van der Waals surface area contributed by atoms with Crippen LogP contribution in [-0.4, -0.2) is 35.9 Å². The lowest BCUT2D eigenvalue weighted by Gasteiger charge is -2.38. The predicted molar refractivity (Wildman–Crippen MR) is 82.6 cm³/mol. The number of methoxy groups -OCH3 is 1. The van der Waals surface area contributed by atoms with Crippen LogP contribution in [0.15, 0.2) is 18.2 Å². The van der Waals surface area contributed by atoms with Gasteiger partial charge in [-0.2, -0.15) is 0 Å². The van der Waals surface area contributed by atoms with Crippen molar-refractivity contribution in [3.63, 3.8) is 0 Å². The van der Waals surface area contributed by atoms with Gasteiger partial charge in [-0.1, -0.05) is 0 Å². The van der Waals surface area contributed by atoms with Crippen LogP contribution >= 0.6 is 0 Å². The molecule has 2 fully saturated rings. The molecule has 3 rings (SSSR count). The summed E-state index contributed by atoms with van der Waals surface area (Å²) >= 11 is 0. The summed E-state index contributed by atoms with van der Waals surface area (Å²) in [6.45, 7) is 2.46. The Balaban J connectivity index is 1.84. The van der Waals surface area contributed by atoms with Crippen LogP contribution in [-0.2, 0) is 6.54 Å². The van der Waals surface area contributed by atoms with E-state index in [0.29, 0.717) is 18.1 Å². The lowest BCUT2D eigenvalue weighted by Crippen LogP contribution is -2.46. The van der Waals surface area contributed by atoms with Crippen molar-refractivity contribution < 1.29 is 9.53 Å².